The van der Waals surface area contributed by atoms with E-state index in [1.165, 1.54) is 6.07 Å². The van der Waals surface area contributed by atoms with Crippen LogP contribution < -0.4 is 0 Å². The molecule has 0 aliphatic heterocycles. The summed E-state index contributed by atoms with van der Waals surface area (Å²) in [5.41, 5.74) is 1.69. The molecular formula is C14H8Cl2FN. The number of hydrogen-bond donors (Lipinski definition) is 0. The van der Waals surface area contributed by atoms with Crippen LogP contribution in [0.3, 0.4) is 0 Å². The van der Waals surface area contributed by atoms with Crippen molar-refractivity contribution in [1.82, 2.24) is 0 Å². The smallest absolute Gasteiger partial charge is 0.128 e. The molecule has 0 unspecified atom stereocenters. The molecule has 0 amide bonds. The van der Waals surface area contributed by atoms with Gasteiger partial charge in [0.25, 0.3) is 0 Å². The Morgan fingerprint density at radius 1 is 1.17 bits per heavy atom. The Bertz CT molecular complexity index is 632. The number of halogens is 3. The minimum absolute atomic E-state index is 0.0510. The third-order valence-electron chi connectivity index (χ3n) is 2.59. The van der Waals surface area contributed by atoms with E-state index in [1.807, 2.05) is 6.07 Å². The maximum absolute atomic E-state index is 13.7. The zero-order valence-electron chi connectivity index (χ0n) is 9.25. The van der Waals surface area contributed by atoms with Crippen molar-refractivity contribution in [2.24, 2.45) is 0 Å². The van der Waals surface area contributed by atoms with E-state index in [-0.39, 0.29) is 6.42 Å². The SMILES string of the molecule is N#CCc1ccc(-c2cccc(Cl)c2Cl)cc1F. The van der Waals surface area contributed by atoms with E-state index in [9.17, 15) is 4.39 Å². The first-order valence-electron chi connectivity index (χ1n) is 5.23. The fraction of sp³-hybridized carbons (Fsp3) is 0.0714. The summed E-state index contributed by atoms with van der Waals surface area (Å²) < 4.78 is 13.7. The van der Waals surface area contributed by atoms with Crippen LogP contribution in [0.2, 0.25) is 10.0 Å². The summed E-state index contributed by atoms with van der Waals surface area (Å²) >= 11 is 12.0. The van der Waals surface area contributed by atoms with Gasteiger partial charge in [-0.1, -0.05) is 47.5 Å². The largest absolute Gasteiger partial charge is 0.207 e. The molecule has 0 heterocycles. The summed E-state index contributed by atoms with van der Waals surface area (Å²) in [6.07, 6.45) is 0.0510. The number of nitrogens with zero attached hydrogens (tertiary/aromatic N) is 1. The fourth-order valence-corrected chi connectivity index (χ4v) is 2.08. The second-order valence-corrected chi connectivity index (χ2v) is 4.53. The minimum atomic E-state index is -0.412. The lowest BCUT2D eigenvalue weighted by atomic mass is 10.0. The molecule has 0 aromatic heterocycles. The molecule has 2 aromatic rings. The standard InChI is InChI=1S/C14H8Cl2FN/c15-12-3-1-2-11(14(12)16)10-5-4-9(6-7-18)13(17)8-10/h1-5,8H,6H2. The molecule has 2 rings (SSSR count). The van der Waals surface area contributed by atoms with Crippen LogP contribution in [0.25, 0.3) is 11.1 Å². The molecule has 0 aliphatic carbocycles. The topological polar surface area (TPSA) is 23.8 Å². The van der Waals surface area contributed by atoms with Crippen LogP contribution in [-0.2, 0) is 6.42 Å². The average molecular weight is 280 g/mol. The van der Waals surface area contributed by atoms with Gasteiger partial charge in [-0.05, 0) is 17.7 Å². The van der Waals surface area contributed by atoms with Crippen molar-refractivity contribution >= 4 is 23.2 Å². The van der Waals surface area contributed by atoms with Crippen molar-refractivity contribution in [3.05, 3.63) is 57.8 Å². The number of nitriles is 1. The van der Waals surface area contributed by atoms with Crippen molar-refractivity contribution < 1.29 is 4.39 Å². The minimum Gasteiger partial charge on any atom is -0.207 e. The molecule has 0 radical (unpaired) electrons. The quantitative estimate of drug-likeness (QED) is 0.770. The Morgan fingerprint density at radius 3 is 2.61 bits per heavy atom. The first-order chi connectivity index (χ1) is 8.63. The summed E-state index contributed by atoms with van der Waals surface area (Å²) in [7, 11) is 0. The third kappa shape index (κ3) is 2.48. The molecule has 4 heteroatoms. The molecule has 0 atom stereocenters. The van der Waals surface area contributed by atoms with Gasteiger partial charge in [-0.3, -0.25) is 0 Å². The molecular weight excluding hydrogens is 272 g/mol. The van der Waals surface area contributed by atoms with Gasteiger partial charge in [-0.25, -0.2) is 4.39 Å². The van der Waals surface area contributed by atoms with E-state index in [0.717, 1.165) is 0 Å². The molecule has 1 nitrogen and oxygen atoms in total. The van der Waals surface area contributed by atoms with Crippen molar-refractivity contribution in [2.45, 2.75) is 6.42 Å². The monoisotopic (exact) mass is 279 g/mol. The molecule has 0 spiro atoms. The number of rotatable bonds is 2. The zero-order chi connectivity index (χ0) is 13.1. The number of hydrogen-bond acceptors (Lipinski definition) is 1. The van der Waals surface area contributed by atoms with E-state index in [1.54, 1.807) is 30.3 Å². The van der Waals surface area contributed by atoms with Crippen LogP contribution in [0, 0.1) is 17.1 Å². The van der Waals surface area contributed by atoms with E-state index in [2.05, 4.69) is 0 Å². The molecule has 90 valence electrons. The molecule has 0 bridgehead atoms. The Kier molecular flexibility index (Phi) is 3.86. The highest BCUT2D eigenvalue weighted by Gasteiger charge is 2.09. The first kappa shape index (κ1) is 12.9. The van der Waals surface area contributed by atoms with Crippen LogP contribution in [-0.4, -0.2) is 0 Å². The maximum atomic E-state index is 13.7. The number of benzene rings is 2. The van der Waals surface area contributed by atoms with Crippen LogP contribution in [0.5, 0.6) is 0 Å². The molecule has 18 heavy (non-hydrogen) atoms. The van der Waals surface area contributed by atoms with E-state index >= 15 is 0 Å². The average Bonchev–Trinajstić information content (AvgIpc) is 2.35. The van der Waals surface area contributed by atoms with E-state index < -0.39 is 5.82 Å². The molecule has 0 aliphatic rings. The summed E-state index contributed by atoms with van der Waals surface area (Å²) in [5.74, 6) is -0.412. The van der Waals surface area contributed by atoms with Gasteiger partial charge < -0.3 is 0 Å². The van der Waals surface area contributed by atoms with Gasteiger partial charge in [0, 0.05) is 11.1 Å². The lowest BCUT2D eigenvalue weighted by Gasteiger charge is -2.07. The maximum Gasteiger partial charge on any atom is 0.128 e. The fourth-order valence-electron chi connectivity index (χ4n) is 1.67. The van der Waals surface area contributed by atoms with Gasteiger partial charge in [-0.15, -0.1) is 0 Å². The second-order valence-electron chi connectivity index (χ2n) is 3.74. The van der Waals surface area contributed by atoms with Gasteiger partial charge in [0.15, 0.2) is 0 Å². The normalized spacial score (nSPS) is 10.1. The van der Waals surface area contributed by atoms with E-state index in [0.29, 0.717) is 26.7 Å². The van der Waals surface area contributed by atoms with Crippen molar-refractivity contribution in [3.63, 3.8) is 0 Å². The van der Waals surface area contributed by atoms with Crippen LogP contribution in [0.15, 0.2) is 36.4 Å². The molecule has 2 aromatic carbocycles. The lowest BCUT2D eigenvalue weighted by Crippen LogP contribution is -1.90. The summed E-state index contributed by atoms with van der Waals surface area (Å²) in [6, 6.07) is 11.8. The van der Waals surface area contributed by atoms with Crippen LogP contribution in [0.4, 0.5) is 4.39 Å². The Hall–Kier alpha value is -1.56. The molecule has 0 fully saturated rings. The van der Waals surface area contributed by atoms with Gasteiger partial charge in [0.2, 0.25) is 0 Å². The van der Waals surface area contributed by atoms with Crippen molar-refractivity contribution in [2.75, 3.05) is 0 Å². The van der Waals surface area contributed by atoms with Gasteiger partial charge >= 0.3 is 0 Å². The highest BCUT2D eigenvalue weighted by molar-refractivity contribution is 6.43. The summed E-state index contributed by atoms with van der Waals surface area (Å²) in [4.78, 5) is 0. The third-order valence-corrected chi connectivity index (χ3v) is 3.40. The molecule has 0 saturated carbocycles. The second kappa shape index (κ2) is 5.39. The predicted molar refractivity (Wildman–Crippen MR) is 71.2 cm³/mol. The lowest BCUT2D eigenvalue weighted by molar-refractivity contribution is 0.616. The van der Waals surface area contributed by atoms with Gasteiger partial charge in [-0.2, -0.15) is 5.26 Å². The Balaban J connectivity index is 2.50. The Morgan fingerprint density at radius 2 is 1.94 bits per heavy atom. The first-order valence-corrected chi connectivity index (χ1v) is 5.99. The predicted octanol–water partition coefficient (Wildman–Crippen LogP) is 4.87. The summed E-state index contributed by atoms with van der Waals surface area (Å²) in [6.45, 7) is 0. The zero-order valence-corrected chi connectivity index (χ0v) is 10.8. The van der Waals surface area contributed by atoms with Gasteiger partial charge in [0.05, 0.1) is 22.5 Å². The highest BCUT2D eigenvalue weighted by Crippen LogP contribution is 2.33. The van der Waals surface area contributed by atoms with E-state index in [4.69, 9.17) is 28.5 Å². The molecule has 0 N–H and O–H groups in total. The van der Waals surface area contributed by atoms with Crippen molar-refractivity contribution in [3.8, 4) is 17.2 Å². The van der Waals surface area contributed by atoms with Crippen molar-refractivity contribution in [1.29, 1.82) is 5.26 Å². The van der Waals surface area contributed by atoms with Crippen LogP contribution in [0.1, 0.15) is 5.56 Å². The highest BCUT2D eigenvalue weighted by atomic mass is 35.5. The van der Waals surface area contributed by atoms with Gasteiger partial charge in [0.1, 0.15) is 5.82 Å². The summed E-state index contributed by atoms with van der Waals surface area (Å²) in [5, 5.41) is 9.38. The molecule has 0 saturated heterocycles. The Labute approximate surface area is 114 Å². The van der Waals surface area contributed by atoms with Crippen LogP contribution >= 0.6 is 23.2 Å².